The van der Waals surface area contributed by atoms with Gasteiger partial charge in [-0.25, -0.2) is 0 Å². The highest BCUT2D eigenvalue weighted by molar-refractivity contribution is 7.99. The van der Waals surface area contributed by atoms with E-state index in [-0.39, 0.29) is 12.1 Å². The zero-order valence-corrected chi connectivity index (χ0v) is 13.3. The van der Waals surface area contributed by atoms with Gasteiger partial charge in [0, 0.05) is 35.2 Å². The van der Waals surface area contributed by atoms with Gasteiger partial charge in [0.05, 0.1) is 6.04 Å². The Labute approximate surface area is 125 Å². The number of halogens is 1. The number of nitrogens with two attached hydrogens (primary N) is 1. The molecule has 1 aliphatic rings. The fraction of sp³-hybridized carbons (Fsp3) is 0.600. The van der Waals surface area contributed by atoms with Gasteiger partial charge in [-0.2, -0.15) is 11.8 Å². The van der Waals surface area contributed by atoms with E-state index in [9.17, 15) is 0 Å². The average molecular weight is 299 g/mol. The maximum Gasteiger partial charge on any atom is 0.0514 e. The summed E-state index contributed by atoms with van der Waals surface area (Å²) in [6.07, 6.45) is 0.966. The van der Waals surface area contributed by atoms with Crippen LogP contribution in [0.4, 0.5) is 0 Å². The van der Waals surface area contributed by atoms with Crippen molar-refractivity contribution in [2.24, 2.45) is 5.73 Å². The van der Waals surface area contributed by atoms with Gasteiger partial charge in [0.15, 0.2) is 0 Å². The van der Waals surface area contributed by atoms with E-state index in [2.05, 4.69) is 30.9 Å². The first kappa shape index (κ1) is 15.2. The average Bonchev–Trinajstić information content (AvgIpc) is 2.41. The van der Waals surface area contributed by atoms with E-state index in [1.165, 1.54) is 11.3 Å². The van der Waals surface area contributed by atoms with Gasteiger partial charge in [0.25, 0.3) is 0 Å². The van der Waals surface area contributed by atoms with E-state index >= 15 is 0 Å². The van der Waals surface area contributed by atoms with Crippen LogP contribution in [0.15, 0.2) is 24.3 Å². The van der Waals surface area contributed by atoms with Crippen LogP contribution in [0, 0.1) is 0 Å². The van der Waals surface area contributed by atoms with Gasteiger partial charge in [-0.15, -0.1) is 0 Å². The van der Waals surface area contributed by atoms with Crippen LogP contribution in [0.3, 0.4) is 0 Å². The Kier molecular flexibility index (Phi) is 5.58. The molecule has 3 unspecified atom stereocenters. The van der Waals surface area contributed by atoms with Gasteiger partial charge in [-0.05, 0) is 18.1 Å². The van der Waals surface area contributed by atoms with E-state index in [0.717, 1.165) is 24.5 Å². The zero-order chi connectivity index (χ0) is 13.8. The molecule has 3 atom stereocenters. The van der Waals surface area contributed by atoms with Crippen molar-refractivity contribution in [3.63, 3.8) is 0 Å². The van der Waals surface area contributed by atoms with E-state index in [4.69, 9.17) is 17.3 Å². The van der Waals surface area contributed by atoms with Crippen LogP contribution in [0.25, 0.3) is 0 Å². The van der Waals surface area contributed by atoms with Crippen molar-refractivity contribution in [2.45, 2.75) is 37.6 Å². The highest BCUT2D eigenvalue weighted by Crippen LogP contribution is 2.33. The molecule has 1 aromatic rings. The summed E-state index contributed by atoms with van der Waals surface area (Å²) in [7, 11) is 0. The predicted molar refractivity (Wildman–Crippen MR) is 86.0 cm³/mol. The Balaban J connectivity index is 2.28. The second-order valence-corrected chi connectivity index (χ2v) is 7.17. The Hall–Kier alpha value is -0.220. The smallest absolute Gasteiger partial charge is 0.0514 e. The first-order chi connectivity index (χ1) is 9.13. The lowest BCUT2D eigenvalue weighted by atomic mass is 9.96. The van der Waals surface area contributed by atoms with Crippen molar-refractivity contribution in [1.82, 2.24) is 4.90 Å². The van der Waals surface area contributed by atoms with Crippen molar-refractivity contribution in [2.75, 3.05) is 18.8 Å². The topological polar surface area (TPSA) is 29.3 Å². The molecule has 0 spiro atoms. The molecule has 2 rings (SSSR count). The standard InChI is InChI=1S/C15H23ClN2S/c1-3-14(17)15(12-6-4-5-7-13(12)16)18-8-9-19-11(2)10-18/h4-7,11,14-15H,3,8-10,17H2,1-2H3. The molecular weight excluding hydrogens is 276 g/mol. The molecule has 0 aliphatic carbocycles. The lowest BCUT2D eigenvalue weighted by Crippen LogP contribution is -2.46. The van der Waals surface area contributed by atoms with E-state index in [1.54, 1.807) is 0 Å². The molecular formula is C15H23ClN2S. The summed E-state index contributed by atoms with van der Waals surface area (Å²) in [5, 5.41) is 1.50. The highest BCUT2D eigenvalue weighted by atomic mass is 35.5. The third-order valence-corrected chi connectivity index (χ3v) is 5.25. The number of nitrogens with zero attached hydrogens (tertiary/aromatic N) is 1. The fourth-order valence-corrected chi connectivity index (χ4v) is 4.02. The Morgan fingerprint density at radius 2 is 2.21 bits per heavy atom. The van der Waals surface area contributed by atoms with Crippen molar-refractivity contribution in [1.29, 1.82) is 0 Å². The number of hydrogen-bond donors (Lipinski definition) is 1. The molecule has 0 saturated carbocycles. The Bertz CT molecular complexity index is 413. The molecule has 1 heterocycles. The van der Waals surface area contributed by atoms with Crippen LogP contribution in [0.1, 0.15) is 31.9 Å². The first-order valence-electron chi connectivity index (χ1n) is 6.99. The maximum atomic E-state index is 6.39. The monoisotopic (exact) mass is 298 g/mol. The van der Waals surface area contributed by atoms with Crippen LogP contribution in [0.5, 0.6) is 0 Å². The zero-order valence-electron chi connectivity index (χ0n) is 11.7. The summed E-state index contributed by atoms with van der Waals surface area (Å²) in [6.45, 7) is 6.63. The molecule has 0 bridgehead atoms. The number of rotatable bonds is 4. The van der Waals surface area contributed by atoms with Gasteiger partial charge in [-0.1, -0.05) is 43.6 Å². The molecule has 0 amide bonds. The van der Waals surface area contributed by atoms with Crippen LogP contribution < -0.4 is 5.73 Å². The minimum atomic E-state index is 0.134. The lowest BCUT2D eigenvalue weighted by molar-refractivity contribution is 0.177. The molecule has 0 aromatic heterocycles. The minimum absolute atomic E-state index is 0.134. The summed E-state index contributed by atoms with van der Waals surface area (Å²) < 4.78 is 0. The summed E-state index contributed by atoms with van der Waals surface area (Å²) in [6, 6.07) is 8.49. The quantitative estimate of drug-likeness (QED) is 0.921. The van der Waals surface area contributed by atoms with Crippen molar-refractivity contribution < 1.29 is 0 Å². The molecule has 1 fully saturated rings. The summed E-state index contributed by atoms with van der Waals surface area (Å²) in [5.41, 5.74) is 7.57. The van der Waals surface area contributed by atoms with Crippen LogP contribution >= 0.6 is 23.4 Å². The molecule has 0 radical (unpaired) electrons. The van der Waals surface area contributed by atoms with Crippen molar-refractivity contribution >= 4 is 23.4 Å². The van der Waals surface area contributed by atoms with E-state index in [1.807, 2.05) is 23.9 Å². The van der Waals surface area contributed by atoms with Gasteiger partial charge >= 0.3 is 0 Å². The molecule has 4 heteroatoms. The van der Waals surface area contributed by atoms with Crippen molar-refractivity contribution in [3.8, 4) is 0 Å². The molecule has 1 saturated heterocycles. The number of thioether (sulfide) groups is 1. The molecule has 106 valence electrons. The molecule has 2 N–H and O–H groups in total. The second kappa shape index (κ2) is 6.98. The Morgan fingerprint density at radius 1 is 1.47 bits per heavy atom. The fourth-order valence-electron chi connectivity index (χ4n) is 2.73. The lowest BCUT2D eigenvalue weighted by Gasteiger charge is -2.40. The molecule has 1 aromatic carbocycles. The van der Waals surface area contributed by atoms with Gasteiger partial charge in [-0.3, -0.25) is 4.90 Å². The minimum Gasteiger partial charge on any atom is -0.326 e. The third-order valence-electron chi connectivity index (χ3n) is 3.77. The van der Waals surface area contributed by atoms with Crippen molar-refractivity contribution in [3.05, 3.63) is 34.9 Å². The largest absolute Gasteiger partial charge is 0.326 e. The molecule has 1 aliphatic heterocycles. The van der Waals surface area contributed by atoms with E-state index in [0.29, 0.717) is 5.25 Å². The number of benzene rings is 1. The number of hydrogen-bond acceptors (Lipinski definition) is 3. The predicted octanol–water partition coefficient (Wildman–Crippen LogP) is 3.56. The van der Waals surface area contributed by atoms with Crippen LogP contribution in [-0.4, -0.2) is 35.0 Å². The normalized spacial score (nSPS) is 24.1. The second-order valence-electron chi connectivity index (χ2n) is 5.21. The highest BCUT2D eigenvalue weighted by Gasteiger charge is 2.30. The first-order valence-corrected chi connectivity index (χ1v) is 8.41. The van der Waals surface area contributed by atoms with Gasteiger partial charge in [0.1, 0.15) is 0 Å². The van der Waals surface area contributed by atoms with Gasteiger partial charge in [0.2, 0.25) is 0 Å². The summed E-state index contributed by atoms with van der Waals surface area (Å²) >= 11 is 8.43. The summed E-state index contributed by atoms with van der Waals surface area (Å²) in [4.78, 5) is 2.51. The molecule has 2 nitrogen and oxygen atoms in total. The van der Waals surface area contributed by atoms with Crippen LogP contribution in [-0.2, 0) is 0 Å². The maximum absolute atomic E-state index is 6.39. The summed E-state index contributed by atoms with van der Waals surface area (Å²) in [5.74, 6) is 1.18. The van der Waals surface area contributed by atoms with Crippen LogP contribution in [0.2, 0.25) is 5.02 Å². The SMILES string of the molecule is CCC(N)C(c1ccccc1Cl)N1CCSC(C)C1. The Morgan fingerprint density at radius 3 is 2.84 bits per heavy atom. The van der Waals surface area contributed by atoms with E-state index < -0.39 is 0 Å². The molecule has 19 heavy (non-hydrogen) atoms. The van der Waals surface area contributed by atoms with Gasteiger partial charge < -0.3 is 5.73 Å². The third kappa shape index (κ3) is 3.66.